The summed E-state index contributed by atoms with van der Waals surface area (Å²) in [5, 5.41) is 0. The minimum Gasteiger partial charge on any atom is -0.308 e. The van der Waals surface area contributed by atoms with Crippen LogP contribution in [-0.2, 0) is 16.4 Å². The molecule has 0 bridgehead atoms. The van der Waals surface area contributed by atoms with Crippen molar-refractivity contribution >= 4 is 21.6 Å². The van der Waals surface area contributed by atoms with Gasteiger partial charge >= 0.3 is 0 Å². The van der Waals surface area contributed by atoms with Gasteiger partial charge in [-0.15, -0.1) is 0 Å². The van der Waals surface area contributed by atoms with Crippen molar-refractivity contribution in [1.29, 1.82) is 0 Å². The van der Waals surface area contributed by atoms with E-state index in [4.69, 9.17) is 0 Å². The van der Waals surface area contributed by atoms with Crippen LogP contribution in [0.4, 0.5) is 14.5 Å². The molecule has 8 heteroatoms. The molecule has 2 heterocycles. The van der Waals surface area contributed by atoms with E-state index in [0.29, 0.717) is 12.1 Å². The summed E-state index contributed by atoms with van der Waals surface area (Å²) in [6, 6.07) is 7.73. The molecular weight excluding hydrogens is 398 g/mol. The largest absolute Gasteiger partial charge is 0.308 e. The van der Waals surface area contributed by atoms with Gasteiger partial charge in [0.15, 0.2) is 0 Å². The highest BCUT2D eigenvalue weighted by Crippen LogP contribution is 2.33. The highest BCUT2D eigenvalue weighted by molar-refractivity contribution is 7.89. The second kappa shape index (κ2) is 7.50. The van der Waals surface area contributed by atoms with Gasteiger partial charge in [-0.05, 0) is 50.5 Å². The average Bonchev–Trinajstić information content (AvgIpc) is 3.12. The number of piperidine rings is 1. The smallest absolute Gasteiger partial charge is 0.258 e. The number of carbonyl (C=O) groups is 1. The van der Waals surface area contributed by atoms with E-state index in [1.54, 1.807) is 0 Å². The number of carbonyl (C=O) groups excluding carboxylic acids is 1. The van der Waals surface area contributed by atoms with Gasteiger partial charge in [-0.25, -0.2) is 17.2 Å². The molecule has 0 N–H and O–H groups in total. The van der Waals surface area contributed by atoms with Crippen LogP contribution in [-0.4, -0.2) is 37.8 Å². The molecule has 154 valence electrons. The van der Waals surface area contributed by atoms with Crippen molar-refractivity contribution < 1.29 is 22.0 Å². The lowest BCUT2D eigenvalue weighted by Crippen LogP contribution is -2.42. The Labute approximate surface area is 169 Å². The van der Waals surface area contributed by atoms with Crippen LogP contribution in [0.15, 0.2) is 41.3 Å². The topological polar surface area (TPSA) is 57.7 Å². The summed E-state index contributed by atoms with van der Waals surface area (Å²) in [5.74, 6) is -1.90. The summed E-state index contributed by atoms with van der Waals surface area (Å²) in [6.45, 7) is 2.56. The van der Waals surface area contributed by atoms with Gasteiger partial charge in [0.05, 0.1) is 10.6 Å². The van der Waals surface area contributed by atoms with Gasteiger partial charge in [-0.3, -0.25) is 4.79 Å². The van der Waals surface area contributed by atoms with Gasteiger partial charge in [0.2, 0.25) is 10.0 Å². The molecule has 5 nitrogen and oxygen atoms in total. The maximum Gasteiger partial charge on any atom is 0.258 e. The number of sulfonamides is 1. The van der Waals surface area contributed by atoms with Crippen molar-refractivity contribution in [3.63, 3.8) is 0 Å². The summed E-state index contributed by atoms with van der Waals surface area (Å²) in [5.41, 5.74) is 0.671. The highest BCUT2D eigenvalue weighted by Gasteiger charge is 2.33. The van der Waals surface area contributed by atoms with E-state index < -0.39 is 27.6 Å². The third-order valence-corrected chi connectivity index (χ3v) is 7.70. The summed E-state index contributed by atoms with van der Waals surface area (Å²) in [4.78, 5) is 14.4. The number of anilines is 1. The Morgan fingerprint density at radius 2 is 1.90 bits per heavy atom. The molecule has 29 heavy (non-hydrogen) atoms. The van der Waals surface area contributed by atoms with Crippen LogP contribution in [0.2, 0.25) is 0 Å². The molecule has 0 aliphatic carbocycles. The number of nitrogens with zero attached hydrogens (tertiary/aromatic N) is 2. The molecule has 0 aromatic heterocycles. The Kier molecular flexibility index (Phi) is 5.16. The molecule has 1 unspecified atom stereocenters. The van der Waals surface area contributed by atoms with Crippen molar-refractivity contribution in [1.82, 2.24) is 4.31 Å². The lowest BCUT2D eigenvalue weighted by atomic mass is 10.1. The van der Waals surface area contributed by atoms with Crippen molar-refractivity contribution in [2.75, 3.05) is 18.0 Å². The fourth-order valence-corrected chi connectivity index (χ4v) is 5.89. The van der Waals surface area contributed by atoms with Crippen LogP contribution in [0.5, 0.6) is 0 Å². The van der Waals surface area contributed by atoms with Crippen LogP contribution >= 0.6 is 0 Å². The standard InChI is InChI=1S/C21H22F2N2O3S/c1-14-5-2-3-9-25(14)29(27,28)17-7-4-6-15(11-17)21(26)24-10-8-18-19(23)12-16(22)13-20(18)24/h4,6-7,11-14H,2-3,5,8-10H2,1H3. The van der Waals surface area contributed by atoms with Crippen molar-refractivity contribution in [2.24, 2.45) is 0 Å². The fourth-order valence-electron chi connectivity index (χ4n) is 4.14. The first-order valence-electron chi connectivity index (χ1n) is 9.71. The highest BCUT2D eigenvalue weighted by atomic mass is 32.2. The lowest BCUT2D eigenvalue weighted by molar-refractivity contribution is 0.0989. The molecule has 1 atom stereocenters. The Morgan fingerprint density at radius 3 is 2.66 bits per heavy atom. The quantitative estimate of drug-likeness (QED) is 0.760. The Balaban J connectivity index is 1.66. The third-order valence-electron chi connectivity index (χ3n) is 5.69. The van der Waals surface area contributed by atoms with Gasteiger partial charge in [0, 0.05) is 36.3 Å². The van der Waals surface area contributed by atoms with Crippen LogP contribution in [0, 0.1) is 11.6 Å². The minimum absolute atomic E-state index is 0.0574. The number of halogens is 2. The molecule has 2 aliphatic heterocycles. The SMILES string of the molecule is CC1CCCCN1S(=O)(=O)c1cccc(C(=O)N2CCc3c(F)cc(F)cc32)c1. The molecule has 1 saturated heterocycles. The molecule has 0 spiro atoms. The van der Waals surface area contributed by atoms with Crippen LogP contribution in [0.25, 0.3) is 0 Å². The normalized spacial score (nSPS) is 20.0. The molecule has 4 rings (SSSR count). The third kappa shape index (κ3) is 3.55. The van der Waals surface area contributed by atoms with E-state index >= 15 is 0 Å². The van der Waals surface area contributed by atoms with E-state index in [2.05, 4.69) is 0 Å². The zero-order valence-corrected chi connectivity index (χ0v) is 16.9. The first-order chi connectivity index (χ1) is 13.8. The number of fused-ring (bicyclic) bond motifs is 1. The van der Waals surface area contributed by atoms with E-state index in [1.807, 2.05) is 6.92 Å². The lowest BCUT2D eigenvalue weighted by Gasteiger charge is -2.32. The summed E-state index contributed by atoms with van der Waals surface area (Å²) in [7, 11) is -3.72. The number of hydrogen-bond donors (Lipinski definition) is 0. The fraction of sp³-hybridized carbons (Fsp3) is 0.381. The van der Waals surface area contributed by atoms with Crippen molar-refractivity contribution in [3.8, 4) is 0 Å². The van der Waals surface area contributed by atoms with E-state index in [1.165, 1.54) is 33.5 Å². The van der Waals surface area contributed by atoms with E-state index in [-0.39, 0.29) is 35.2 Å². The molecule has 1 fully saturated rings. The summed E-state index contributed by atoms with van der Waals surface area (Å²) >= 11 is 0. The second-order valence-electron chi connectivity index (χ2n) is 7.58. The summed E-state index contributed by atoms with van der Waals surface area (Å²) in [6.07, 6.45) is 2.90. The predicted octanol–water partition coefficient (Wildman–Crippen LogP) is 3.73. The Morgan fingerprint density at radius 1 is 1.10 bits per heavy atom. The van der Waals surface area contributed by atoms with Gasteiger partial charge in [0.1, 0.15) is 11.6 Å². The predicted molar refractivity (Wildman–Crippen MR) is 105 cm³/mol. The zero-order chi connectivity index (χ0) is 20.8. The number of amides is 1. The Bertz CT molecular complexity index is 1070. The first kappa shape index (κ1) is 20.0. The molecule has 0 radical (unpaired) electrons. The monoisotopic (exact) mass is 420 g/mol. The maximum atomic E-state index is 14.0. The second-order valence-corrected chi connectivity index (χ2v) is 9.47. The maximum absolute atomic E-state index is 14.0. The van der Waals surface area contributed by atoms with Gasteiger partial charge in [-0.2, -0.15) is 4.31 Å². The molecule has 1 amide bonds. The number of rotatable bonds is 3. The summed E-state index contributed by atoms with van der Waals surface area (Å²) < 4.78 is 55.3. The van der Waals surface area contributed by atoms with Crippen LogP contribution in [0.3, 0.4) is 0 Å². The molecule has 2 aliphatic rings. The minimum atomic E-state index is -3.72. The molecule has 2 aromatic carbocycles. The van der Waals surface area contributed by atoms with Crippen LogP contribution < -0.4 is 4.90 Å². The van der Waals surface area contributed by atoms with E-state index in [9.17, 15) is 22.0 Å². The van der Waals surface area contributed by atoms with Gasteiger partial charge in [-0.1, -0.05) is 12.5 Å². The molecule has 2 aromatic rings. The van der Waals surface area contributed by atoms with Crippen molar-refractivity contribution in [2.45, 2.75) is 43.5 Å². The molecule has 0 saturated carbocycles. The average molecular weight is 420 g/mol. The Hall–Kier alpha value is -2.32. The number of hydrogen-bond acceptors (Lipinski definition) is 3. The van der Waals surface area contributed by atoms with Gasteiger partial charge in [0.25, 0.3) is 5.91 Å². The van der Waals surface area contributed by atoms with E-state index in [0.717, 1.165) is 31.4 Å². The van der Waals surface area contributed by atoms with Crippen molar-refractivity contribution in [3.05, 3.63) is 59.2 Å². The van der Waals surface area contributed by atoms with Gasteiger partial charge < -0.3 is 4.90 Å². The number of benzene rings is 2. The first-order valence-corrected chi connectivity index (χ1v) is 11.1. The zero-order valence-electron chi connectivity index (χ0n) is 16.1. The van der Waals surface area contributed by atoms with Crippen LogP contribution in [0.1, 0.15) is 42.1 Å². The molecular formula is C21H22F2N2O3S.